The van der Waals surface area contributed by atoms with Crippen LogP contribution in [0.3, 0.4) is 0 Å². The molecule has 1 aliphatic rings. The fourth-order valence-electron chi connectivity index (χ4n) is 1.20. The number of hydrogen-bond acceptors (Lipinski definition) is 2. The third kappa shape index (κ3) is 1.29. The number of nitrogens with zero attached hydrogens (tertiary/aromatic N) is 1. The molecule has 13 heavy (non-hydrogen) atoms. The summed E-state index contributed by atoms with van der Waals surface area (Å²) in [7, 11) is 0. The molecule has 70 valence electrons. The molecule has 0 aliphatic heterocycles. The van der Waals surface area contributed by atoms with E-state index < -0.39 is 23.3 Å². The Labute approximate surface area is 72.6 Å². The van der Waals surface area contributed by atoms with E-state index in [4.69, 9.17) is 5.73 Å². The van der Waals surface area contributed by atoms with Gasteiger partial charge in [-0.3, -0.25) is 0 Å². The van der Waals surface area contributed by atoms with Crippen molar-refractivity contribution >= 4 is 0 Å². The van der Waals surface area contributed by atoms with Gasteiger partial charge in [-0.1, -0.05) is 0 Å². The fraction of sp³-hybridized carbons (Fsp3) is 0.375. The van der Waals surface area contributed by atoms with E-state index in [0.29, 0.717) is 12.8 Å². The van der Waals surface area contributed by atoms with Crippen LogP contribution >= 0.6 is 0 Å². The van der Waals surface area contributed by atoms with E-state index >= 15 is 0 Å². The Bertz CT molecular complexity index is 361. The van der Waals surface area contributed by atoms with Gasteiger partial charge in [0.2, 0.25) is 5.95 Å². The Morgan fingerprint density at radius 3 is 2.38 bits per heavy atom. The van der Waals surface area contributed by atoms with Crippen LogP contribution in [-0.2, 0) is 5.54 Å². The molecular formula is C8H7F3N2. The van der Waals surface area contributed by atoms with E-state index in [9.17, 15) is 13.2 Å². The highest BCUT2D eigenvalue weighted by molar-refractivity contribution is 5.28. The van der Waals surface area contributed by atoms with Gasteiger partial charge >= 0.3 is 0 Å². The number of nitrogens with two attached hydrogens (primary N) is 1. The predicted octanol–water partition coefficient (Wildman–Crippen LogP) is 1.45. The van der Waals surface area contributed by atoms with Crippen molar-refractivity contribution in [2.45, 2.75) is 18.4 Å². The molecular weight excluding hydrogens is 181 g/mol. The van der Waals surface area contributed by atoms with Crippen molar-refractivity contribution in [2.75, 3.05) is 0 Å². The molecule has 0 saturated heterocycles. The Balaban J connectivity index is 2.52. The zero-order chi connectivity index (χ0) is 9.64. The zero-order valence-corrected chi connectivity index (χ0v) is 6.65. The molecule has 5 heteroatoms. The van der Waals surface area contributed by atoms with Crippen LogP contribution in [0.1, 0.15) is 18.4 Å². The SMILES string of the molecule is NC1(c2cc(F)c(F)nc2F)CC1. The second-order valence-corrected chi connectivity index (χ2v) is 3.26. The van der Waals surface area contributed by atoms with Crippen LogP contribution in [0, 0.1) is 17.7 Å². The van der Waals surface area contributed by atoms with Gasteiger partial charge < -0.3 is 5.73 Å². The van der Waals surface area contributed by atoms with E-state index in [2.05, 4.69) is 4.98 Å². The molecule has 0 spiro atoms. The molecule has 1 aromatic rings. The lowest BCUT2D eigenvalue weighted by molar-refractivity contribution is 0.433. The summed E-state index contributed by atoms with van der Waals surface area (Å²) in [5.74, 6) is -3.60. The molecule has 2 nitrogen and oxygen atoms in total. The van der Waals surface area contributed by atoms with E-state index in [1.165, 1.54) is 0 Å². The summed E-state index contributed by atoms with van der Waals surface area (Å²) in [5.41, 5.74) is 4.76. The van der Waals surface area contributed by atoms with Gasteiger partial charge in [-0.25, -0.2) is 4.39 Å². The van der Waals surface area contributed by atoms with Crippen LogP contribution in [0.4, 0.5) is 13.2 Å². The van der Waals surface area contributed by atoms with Crippen molar-refractivity contribution in [1.29, 1.82) is 0 Å². The van der Waals surface area contributed by atoms with Gasteiger partial charge in [-0.05, 0) is 18.9 Å². The van der Waals surface area contributed by atoms with Crippen LogP contribution in [0.25, 0.3) is 0 Å². The first-order valence-corrected chi connectivity index (χ1v) is 3.84. The van der Waals surface area contributed by atoms with E-state index in [-0.39, 0.29) is 5.56 Å². The topological polar surface area (TPSA) is 38.9 Å². The molecule has 0 bridgehead atoms. The third-order valence-corrected chi connectivity index (χ3v) is 2.21. The van der Waals surface area contributed by atoms with Crippen LogP contribution in [0.2, 0.25) is 0 Å². The average Bonchev–Trinajstić information content (AvgIpc) is 2.77. The number of rotatable bonds is 1. The fourth-order valence-corrected chi connectivity index (χ4v) is 1.20. The quantitative estimate of drug-likeness (QED) is 0.677. The average molecular weight is 188 g/mol. The van der Waals surface area contributed by atoms with Crippen molar-refractivity contribution in [1.82, 2.24) is 4.98 Å². The summed E-state index contributed by atoms with van der Waals surface area (Å²) in [4.78, 5) is 2.79. The zero-order valence-electron chi connectivity index (χ0n) is 6.65. The summed E-state index contributed by atoms with van der Waals surface area (Å²) in [6.07, 6.45) is 1.16. The largest absolute Gasteiger partial charge is 0.321 e. The number of pyridine rings is 1. The smallest absolute Gasteiger partial charge is 0.251 e. The molecule has 0 unspecified atom stereocenters. The lowest BCUT2D eigenvalue weighted by atomic mass is 10.1. The van der Waals surface area contributed by atoms with Gasteiger partial charge in [0.15, 0.2) is 5.82 Å². The molecule has 1 aromatic heterocycles. The standard InChI is InChI=1S/C8H7F3N2/c9-5-3-4(8(12)1-2-8)6(10)13-7(5)11/h3H,1-2,12H2. The maximum Gasteiger partial charge on any atom is 0.251 e. The van der Waals surface area contributed by atoms with E-state index in [1.807, 2.05) is 0 Å². The van der Waals surface area contributed by atoms with Gasteiger partial charge in [-0.15, -0.1) is 0 Å². The highest BCUT2D eigenvalue weighted by atomic mass is 19.2. The van der Waals surface area contributed by atoms with Crippen molar-refractivity contribution in [3.63, 3.8) is 0 Å². The summed E-state index contributed by atoms with van der Waals surface area (Å²) in [6.45, 7) is 0. The van der Waals surface area contributed by atoms with Gasteiger partial charge in [0.1, 0.15) is 0 Å². The van der Waals surface area contributed by atoms with Crippen molar-refractivity contribution < 1.29 is 13.2 Å². The molecule has 1 aliphatic carbocycles. The van der Waals surface area contributed by atoms with Crippen LogP contribution in [0.5, 0.6) is 0 Å². The Kier molecular flexibility index (Phi) is 1.60. The predicted molar refractivity (Wildman–Crippen MR) is 39.2 cm³/mol. The van der Waals surface area contributed by atoms with Gasteiger partial charge in [0.05, 0.1) is 0 Å². The minimum absolute atomic E-state index is 0.0357. The van der Waals surface area contributed by atoms with Gasteiger partial charge in [-0.2, -0.15) is 13.8 Å². The monoisotopic (exact) mass is 188 g/mol. The first-order valence-electron chi connectivity index (χ1n) is 3.84. The Hall–Kier alpha value is -1.10. The summed E-state index contributed by atoms with van der Waals surface area (Å²) < 4.78 is 38.0. The van der Waals surface area contributed by atoms with Crippen molar-refractivity contribution in [2.24, 2.45) is 5.73 Å². The molecule has 2 rings (SSSR count). The lowest BCUT2D eigenvalue weighted by Crippen LogP contribution is -2.21. The molecule has 2 N–H and O–H groups in total. The molecule has 1 saturated carbocycles. The second kappa shape index (κ2) is 2.45. The first-order chi connectivity index (χ1) is 6.03. The normalized spacial score (nSPS) is 18.8. The molecule has 1 fully saturated rings. The molecule has 0 radical (unpaired) electrons. The molecule has 0 aromatic carbocycles. The Morgan fingerprint density at radius 2 is 1.85 bits per heavy atom. The van der Waals surface area contributed by atoms with E-state index in [1.54, 1.807) is 0 Å². The molecule has 0 amide bonds. The summed E-state index contributed by atoms with van der Waals surface area (Å²) in [5, 5.41) is 0. The summed E-state index contributed by atoms with van der Waals surface area (Å²) in [6, 6.07) is 0.782. The summed E-state index contributed by atoms with van der Waals surface area (Å²) >= 11 is 0. The van der Waals surface area contributed by atoms with Crippen molar-refractivity contribution in [3.8, 4) is 0 Å². The van der Waals surface area contributed by atoms with Crippen LogP contribution < -0.4 is 5.73 Å². The third-order valence-electron chi connectivity index (χ3n) is 2.21. The second-order valence-electron chi connectivity index (χ2n) is 3.26. The number of hydrogen-bond donors (Lipinski definition) is 1. The lowest BCUT2D eigenvalue weighted by Gasteiger charge is -2.09. The minimum Gasteiger partial charge on any atom is -0.321 e. The number of aromatic nitrogens is 1. The van der Waals surface area contributed by atoms with Gasteiger partial charge in [0.25, 0.3) is 5.95 Å². The molecule has 1 heterocycles. The van der Waals surface area contributed by atoms with Gasteiger partial charge in [0, 0.05) is 11.1 Å². The molecule has 0 atom stereocenters. The highest BCUT2D eigenvalue weighted by Gasteiger charge is 2.43. The van der Waals surface area contributed by atoms with E-state index in [0.717, 1.165) is 6.07 Å². The first kappa shape index (κ1) is 8.50. The maximum absolute atomic E-state index is 13.0. The Morgan fingerprint density at radius 1 is 1.23 bits per heavy atom. The number of halogens is 3. The highest BCUT2D eigenvalue weighted by Crippen LogP contribution is 2.43. The van der Waals surface area contributed by atoms with Crippen LogP contribution in [-0.4, -0.2) is 4.98 Å². The minimum atomic E-state index is -1.43. The van der Waals surface area contributed by atoms with Crippen molar-refractivity contribution in [3.05, 3.63) is 29.3 Å². The maximum atomic E-state index is 13.0. The van der Waals surface area contributed by atoms with Crippen LogP contribution in [0.15, 0.2) is 6.07 Å².